The summed E-state index contributed by atoms with van der Waals surface area (Å²) in [6.45, 7) is 4.24. The molecule has 0 unspecified atom stereocenters. The molecule has 0 aromatic carbocycles. The number of carbonyl (C=O) groups excluding carboxylic acids is 1. The van der Waals surface area contributed by atoms with Gasteiger partial charge in [-0.05, 0) is 32.8 Å². The minimum Gasteiger partial charge on any atom is -0.462 e. The number of nitrogens with zero attached hydrogens (tertiary/aromatic N) is 2. The molecule has 0 bridgehead atoms. The molecule has 2 aromatic heterocycles. The second-order valence-electron chi connectivity index (χ2n) is 5.38. The number of rotatable bonds is 4. The number of aromatic nitrogens is 2. The molecule has 0 amide bonds. The van der Waals surface area contributed by atoms with Gasteiger partial charge in [-0.3, -0.25) is 4.79 Å². The van der Waals surface area contributed by atoms with Crippen LogP contribution in [0.25, 0.3) is 11.0 Å². The number of carbonyl (C=O) groups is 1. The van der Waals surface area contributed by atoms with Crippen molar-refractivity contribution in [2.45, 2.75) is 39.2 Å². The topological polar surface area (TPSA) is 61.2 Å². The Hall–Kier alpha value is -2.24. The summed E-state index contributed by atoms with van der Waals surface area (Å²) in [6, 6.07) is 1.20. The van der Waals surface area contributed by atoms with E-state index >= 15 is 0 Å². The summed E-state index contributed by atoms with van der Waals surface area (Å²) in [4.78, 5) is 28.7. The van der Waals surface area contributed by atoms with E-state index in [9.17, 15) is 14.0 Å². The van der Waals surface area contributed by atoms with E-state index in [1.807, 2.05) is 6.92 Å². The fourth-order valence-electron chi connectivity index (χ4n) is 2.54. The maximum absolute atomic E-state index is 14.2. The van der Waals surface area contributed by atoms with Crippen molar-refractivity contribution in [2.75, 3.05) is 6.61 Å². The van der Waals surface area contributed by atoms with Gasteiger partial charge in [-0.15, -0.1) is 0 Å². The average Bonchev–Trinajstić information content (AvgIpc) is 3.32. The van der Waals surface area contributed by atoms with Gasteiger partial charge in [-0.2, -0.15) is 0 Å². The lowest BCUT2D eigenvalue weighted by Crippen LogP contribution is -2.22. The lowest BCUT2D eigenvalue weighted by Gasteiger charge is -2.12. The molecule has 6 heteroatoms. The SMILES string of the molecule is CCOC(=O)c1cn(CC)c2nc(C3CC3)c(F)cc2c1=O. The van der Waals surface area contributed by atoms with Crippen molar-refractivity contribution in [3.05, 3.63) is 39.6 Å². The molecule has 2 heterocycles. The highest BCUT2D eigenvalue weighted by Crippen LogP contribution is 2.40. The van der Waals surface area contributed by atoms with Gasteiger partial charge in [0.1, 0.15) is 17.0 Å². The number of esters is 1. The molecule has 1 fully saturated rings. The number of halogens is 1. The molecule has 5 nitrogen and oxygen atoms in total. The molecular weight excluding hydrogens is 287 g/mol. The Morgan fingerprint density at radius 3 is 2.77 bits per heavy atom. The van der Waals surface area contributed by atoms with Crippen molar-refractivity contribution in [3.63, 3.8) is 0 Å². The van der Waals surface area contributed by atoms with Crippen LogP contribution in [-0.2, 0) is 11.3 Å². The van der Waals surface area contributed by atoms with Crippen molar-refractivity contribution in [1.29, 1.82) is 0 Å². The van der Waals surface area contributed by atoms with E-state index in [1.54, 1.807) is 11.5 Å². The van der Waals surface area contributed by atoms with Gasteiger partial charge in [0, 0.05) is 18.7 Å². The Balaban J connectivity index is 2.26. The van der Waals surface area contributed by atoms with E-state index in [4.69, 9.17) is 4.74 Å². The smallest absolute Gasteiger partial charge is 0.343 e. The highest BCUT2D eigenvalue weighted by Gasteiger charge is 2.29. The first-order valence-corrected chi connectivity index (χ1v) is 7.47. The minimum atomic E-state index is -0.691. The van der Waals surface area contributed by atoms with Gasteiger partial charge in [0.05, 0.1) is 17.7 Å². The van der Waals surface area contributed by atoms with Gasteiger partial charge in [0.25, 0.3) is 0 Å². The van der Waals surface area contributed by atoms with E-state index in [1.165, 1.54) is 12.3 Å². The maximum atomic E-state index is 14.2. The third-order valence-electron chi connectivity index (χ3n) is 3.83. The van der Waals surface area contributed by atoms with Crippen molar-refractivity contribution in [2.24, 2.45) is 0 Å². The first-order chi connectivity index (χ1) is 10.6. The summed E-state index contributed by atoms with van der Waals surface area (Å²) in [5, 5.41) is 0.120. The minimum absolute atomic E-state index is 0.0865. The van der Waals surface area contributed by atoms with Crippen molar-refractivity contribution < 1.29 is 13.9 Å². The quantitative estimate of drug-likeness (QED) is 0.815. The van der Waals surface area contributed by atoms with Crippen molar-refractivity contribution >= 4 is 17.0 Å². The normalized spacial score (nSPS) is 14.3. The van der Waals surface area contributed by atoms with Crippen LogP contribution in [-0.4, -0.2) is 22.1 Å². The molecule has 0 spiro atoms. The zero-order valence-electron chi connectivity index (χ0n) is 12.6. The van der Waals surface area contributed by atoms with Crippen LogP contribution in [0.4, 0.5) is 4.39 Å². The molecule has 1 aliphatic carbocycles. The predicted octanol–water partition coefficient (Wildman–Crippen LogP) is 2.61. The van der Waals surface area contributed by atoms with Crippen LogP contribution in [0.5, 0.6) is 0 Å². The average molecular weight is 304 g/mol. The van der Waals surface area contributed by atoms with Gasteiger partial charge >= 0.3 is 5.97 Å². The molecule has 0 saturated heterocycles. The van der Waals surface area contributed by atoms with Crippen LogP contribution in [0.15, 0.2) is 17.1 Å². The second kappa shape index (κ2) is 5.51. The third kappa shape index (κ3) is 2.38. The summed E-state index contributed by atoms with van der Waals surface area (Å²) in [5.74, 6) is -1.02. The Morgan fingerprint density at radius 1 is 1.45 bits per heavy atom. The third-order valence-corrected chi connectivity index (χ3v) is 3.83. The number of fused-ring (bicyclic) bond motifs is 1. The van der Waals surface area contributed by atoms with Crippen molar-refractivity contribution in [1.82, 2.24) is 9.55 Å². The molecule has 0 radical (unpaired) electrons. The Bertz CT molecular complexity index is 809. The summed E-state index contributed by atoms with van der Waals surface area (Å²) in [6.07, 6.45) is 3.30. The molecule has 0 atom stereocenters. The fourth-order valence-corrected chi connectivity index (χ4v) is 2.54. The zero-order chi connectivity index (χ0) is 15.9. The van der Waals surface area contributed by atoms with Gasteiger partial charge in [-0.1, -0.05) is 0 Å². The number of aryl methyl sites for hydroxylation is 1. The van der Waals surface area contributed by atoms with Crippen LogP contribution in [0.2, 0.25) is 0 Å². The molecule has 22 heavy (non-hydrogen) atoms. The summed E-state index contributed by atoms with van der Waals surface area (Å²) in [7, 11) is 0. The van der Waals surface area contributed by atoms with E-state index in [0.717, 1.165) is 12.8 Å². The van der Waals surface area contributed by atoms with Crippen LogP contribution < -0.4 is 5.43 Å². The Kier molecular flexibility index (Phi) is 3.68. The number of hydrogen-bond donors (Lipinski definition) is 0. The van der Waals surface area contributed by atoms with E-state index in [0.29, 0.717) is 17.9 Å². The lowest BCUT2D eigenvalue weighted by molar-refractivity contribution is 0.0524. The largest absolute Gasteiger partial charge is 0.462 e. The standard InChI is InChI=1S/C16H17FN2O3/c1-3-19-8-11(16(21)22-4-2)14(20)10-7-12(17)13(9-5-6-9)18-15(10)19/h7-9H,3-6H2,1-2H3. The van der Waals surface area contributed by atoms with Crippen LogP contribution in [0.3, 0.4) is 0 Å². The van der Waals surface area contributed by atoms with Gasteiger partial charge in [0.2, 0.25) is 5.43 Å². The molecule has 0 aliphatic heterocycles. The van der Waals surface area contributed by atoms with E-state index in [2.05, 4.69) is 4.98 Å². The van der Waals surface area contributed by atoms with Crippen LogP contribution in [0.1, 0.15) is 48.7 Å². The first-order valence-electron chi connectivity index (χ1n) is 7.47. The van der Waals surface area contributed by atoms with Crippen LogP contribution >= 0.6 is 0 Å². The first kappa shape index (κ1) is 14.7. The highest BCUT2D eigenvalue weighted by molar-refractivity contribution is 5.93. The Morgan fingerprint density at radius 2 is 2.18 bits per heavy atom. The zero-order valence-corrected chi connectivity index (χ0v) is 12.6. The van der Waals surface area contributed by atoms with E-state index in [-0.39, 0.29) is 23.5 Å². The van der Waals surface area contributed by atoms with Gasteiger partial charge < -0.3 is 9.30 Å². The Labute approximate surface area is 126 Å². The van der Waals surface area contributed by atoms with E-state index < -0.39 is 17.2 Å². The maximum Gasteiger partial charge on any atom is 0.343 e. The number of pyridine rings is 2. The lowest BCUT2D eigenvalue weighted by atomic mass is 10.1. The van der Waals surface area contributed by atoms with Crippen LogP contribution in [0, 0.1) is 5.82 Å². The molecule has 0 N–H and O–H groups in total. The molecule has 116 valence electrons. The number of ether oxygens (including phenoxy) is 1. The number of hydrogen-bond acceptors (Lipinski definition) is 4. The molecule has 1 saturated carbocycles. The summed E-state index contributed by atoms with van der Waals surface area (Å²) >= 11 is 0. The summed E-state index contributed by atoms with van der Waals surface area (Å²) in [5.41, 5.74) is 0.213. The molecule has 3 rings (SSSR count). The van der Waals surface area contributed by atoms with Crippen molar-refractivity contribution in [3.8, 4) is 0 Å². The highest BCUT2D eigenvalue weighted by atomic mass is 19.1. The molecular formula is C16H17FN2O3. The monoisotopic (exact) mass is 304 g/mol. The second-order valence-corrected chi connectivity index (χ2v) is 5.38. The predicted molar refractivity (Wildman–Crippen MR) is 79.6 cm³/mol. The van der Waals surface area contributed by atoms with Gasteiger partial charge in [0.15, 0.2) is 0 Å². The van der Waals surface area contributed by atoms with Gasteiger partial charge in [-0.25, -0.2) is 14.2 Å². The molecule has 2 aromatic rings. The summed E-state index contributed by atoms with van der Waals surface area (Å²) < 4.78 is 20.8. The molecule has 1 aliphatic rings. The fraction of sp³-hybridized carbons (Fsp3) is 0.438.